The zero-order valence-corrected chi connectivity index (χ0v) is 17.9. The van der Waals surface area contributed by atoms with Gasteiger partial charge in [0.1, 0.15) is 0 Å². The van der Waals surface area contributed by atoms with E-state index >= 15 is 0 Å². The van der Waals surface area contributed by atoms with Crippen molar-refractivity contribution in [2.75, 3.05) is 32.8 Å². The van der Waals surface area contributed by atoms with Crippen LogP contribution in [0.2, 0.25) is 0 Å². The topological polar surface area (TPSA) is 95.9 Å². The first-order valence-corrected chi connectivity index (χ1v) is 11.4. The second-order valence-corrected chi connectivity index (χ2v) is 9.64. The maximum absolute atomic E-state index is 12.7. The summed E-state index contributed by atoms with van der Waals surface area (Å²) in [4.78, 5) is 12.6. The number of nitrogens with zero attached hydrogens (tertiary/aromatic N) is 1. The Bertz CT molecular complexity index is 937. The number of amides is 1. The van der Waals surface area contributed by atoms with E-state index in [2.05, 4.69) is 5.32 Å². The summed E-state index contributed by atoms with van der Waals surface area (Å²) in [6.07, 6.45) is 1.21. The van der Waals surface area contributed by atoms with E-state index in [0.717, 1.165) is 5.56 Å². The van der Waals surface area contributed by atoms with Gasteiger partial charge in [0.25, 0.3) is 5.91 Å². The van der Waals surface area contributed by atoms with Gasteiger partial charge in [-0.2, -0.15) is 4.31 Å². The van der Waals surface area contributed by atoms with Crippen molar-refractivity contribution in [3.05, 3.63) is 65.7 Å². The lowest BCUT2D eigenvalue weighted by Crippen LogP contribution is -2.41. The average Bonchev–Trinajstić information content (AvgIpc) is 2.77. The molecule has 2 N–H and O–H groups in total. The van der Waals surface area contributed by atoms with Gasteiger partial charge in [-0.15, -0.1) is 0 Å². The first-order valence-electron chi connectivity index (χ1n) is 10.0. The Morgan fingerprint density at radius 1 is 1.10 bits per heavy atom. The number of ether oxygens (including phenoxy) is 1. The summed E-state index contributed by atoms with van der Waals surface area (Å²) in [7, 11) is -3.59. The van der Waals surface area contributed by atoms with Crippen LogP contribution in [0.4, 0.5) is 0 Å². The molecular formula is C22H28N2O5S. The van der Waals surface area contributed by atoms with Crippen molar-refractivity contribution in [1.29, 1.82) is 0 Å². The minimum atomic E-state index is -3.59. The number of aliphatic hydroxyl groups is 1. The molecule has 1 amide bonds. The maximum Gasteiger partial charge on any atom is 0.251 e. The van der Waals surface area contributed by atoms with Crippen LogP contribution in [0.3, 0.4) is 0 Å². The molecule has 3 rings (SSSR count). The van der Waals surface area contributed by atoms with Crippen LogP contribution in [-0.2, 0) is 21.2 Å². The number of hydrogen-bond donors (Lipinski definition) is 2. The van der Waals surface area contributed by atoms with Crippen molar-refractivity contribution in [2.45, 2.75) is 30.3 Å². The number of benzene rings is 2. The van der Waals surface area contributed by atoms with Crippen molar-refractivity contribution in [2.24, 2.45) is 0 Å². The van der Waals surface area contributed by atoms with Crippen molar-refractivity contribution < 1.29 is 23.1 Å². The van der Waals surface area contributed by atoms with Crippen molar-refractivity contribution in [3.63, 3.8) is 0 Å². The number of sulfonamides is 1. The zero-order chi connectivity index (χ0) is 21.6. The Labute approximate surface area is 177 Å². The van der Waals surface area contributed by atoms with Crippen molar-refractivity contribution >= 4 is 15.9 Å². The average molecular weight is 433 g/mol. The highest BCUT2D eigenvalue weighted by atomic mass is 32.2. The van der Waals surface area contributed by atoms with Gasteiger partial charge in [0.2, 0.25) is 10.0 Å². The van der Waals surface area contributed by atoms with Crippen molar-refractivity contribution in [1.82, 2.24) is 9.62 Å². The summed E-state index contributed by atoms with van der Waals surface area (Å²) < 4.78 is 31.9. The Morgan fingerprint density at radius 3 is 2.37 bits per heavy atom. The molecule has 1 saturated heterocycles. The highest BCUT2D eigenvalue weighted by Crippen LogP contribution is 2.18. The van der Waals surface area contributed by atoms with E-state index < -0.39 is 15.6 Å². The number of nitrogens with one attached hydrogen (secondary N) is 1. The minimum Gasteiger partial charge on any atom is -0.388 e. The van der Waals surface area contributed by atoms with Gasteiger partial charge in [-0.25, -0.2) is 8.42 Å². The summed E-state index contributed by atoms with van der Waals surface area (Å²) in [5.41, 5.74) is 0.418. The molecule has 2 aromatic carbocycles. The number of aryl methyl sites for hydroxylation is 1. The van der Waals surface area contributed by atoms with Gasteiger partial charge in [-0.1, -0.05) is 30.3 Å². The second kappa shape index (κ2) is 9.70. The molecule has 0 radical (unpaired) electrons. The van der Waals surface area contributed by atoms with Gasteiger partial charge in [-0.05, 0) is 49.6 Å². The molecule has 1 aliphatic rings. The van der Waals surface area contributed by atoms with Gasteiger partial charge in [0, 0.05) is 25.2 Å². The summed E-state index contributed by atoms with van der Waals surface area (Å²) in [6, 6.07) is 15.7. The van der Waals surface area contributed by atoms with E-state index in [4.69, 9.17) is 4.74 Å². The fraction of sp³-hybridized carbons (Fsp3) is 0.409. The lowest BCUT2D eigenvalue weighted by Gasteiger charge is -2.26. The number of carbonyl (C=O) groups is 1. The predicted molar refractivity (Wildman–Crippen MR) is 114 cm³/mol. The number of hydrogen-bond acceptors (Lipinski definition) is 5. The standard InChI is InChI=1S/C22H28N2O5S/c1-22(26,12-11-18-5-3-2-4-6-18)17-23-21(25)19-7-9-20(10-8-19)30(27,28)24-13-15-29-16-14-24/h2-10,26H,11-17H2,1H3,(H,23,25). The van der Waals surface area contributed by atoms with Gasteiger partial charge < -0.3 is 15.2 Å². The first-order chi connectivity index (χ1) is 14.3. The summed E-state index contributed by atoms with van der Waals surface area (Å²) in [6.45, 7) is 3.19. The predicted octanol–water partition coefficient (Wildman–Crippen LogP) is 1.82. The van der Waals surface area contributed by atoms with E-state index in [0.29, 0.717) is 44.7 Å². The van der Waals surface area contributed by atoms with Gasteiger partial charge in [0.05, 0.1) is 23.7 Å². The van der Waals surface area contributed by atoms with E-state index in [-0.39, 0.29) is 17.3 Å². The van der Waals surface area contributed by atoms with Crippen LogP contribution in [0, 0.1) is 0 Å². The van der Waals surface area contributed by atoms with Gasteiger partial charge in [-0.3, -0.25) is 4.79 Å². The van der Waals surface area contributed by atoms with Crippen LogP contribution >= 0.6 is 0 Å². The third-order valence-corrected chi connectivity index (χ3v) is 7.06. The molecule has 1 fully saturated rings. The minimum absolute atomic E-state index is 0.104. The molecule has 162 valence electrons. The van der Waals surface area contributed by atoms with Crippen LogP contribution in [0.25, 0.3) is 0 Å². The molecule has 0 aromatic heterocycles. The molecule has 0 spiro atoms. The summed E-state index contributed by atoms with van der Waals surface area (Å²) >= 11 is 0. The normalized spacial score (nSPS) is 17.3. The zero-order valence-electron chi connectivity index (χ0n) is 17.1. The lowest BCUT2D eigenvalue weighted by atomic mass is 9.96. The molecule has 30 heavy (non-hydrogen) atoms. The Morgan fingerprint density at radius 2 is 1.73 bits per heavy atom. The smallest absolute Gasteiger partial charge is 0.251 e. The SMILES string of the molecule is CC(O)(CCc1ccccc1)CNC(=O)c1ccc(S(=O)(=O)N2CCOCC2)cc1. The second-order valence-electron chi connectivity index (χ2n) is 7.71. The Kier molecular flexibility index (Phi) is 7.25. The van der Waals surface area contributed by atoms with E-state index in [9.17, 15) is 18.3 Å². The summed E-state index contributed by atoms with van der Waals surface area (Å²) in [5, 5.41) is 13.3. The molecule has 0 bridgehead atoms. The van der Waals surface area contributed by atoms with Crippen LogP contribution < -0.4 is 5.32 Å². The molecule has 1 atom stereocenters. The van der Waals surface area contributed by atoms with E-state index in [1.807, 2.05) is 30.3 Å². The Hall–Kier alpha value is -2.26. The molecule has 0 saturated carbocycles. The summed E-state index contributed by atoms with van der Waals surface area (Å²) in [5.74, 6) is -0.356. The van der Waals surface area contributed by atoms with Gasteiger partial charge in [0.15, 0.2) is 0 Å². The maximum atomic E-state index is 12.7. The molecule has 0 aliphatic carbocycles. The number of rotatable bonds is 8. The third-order valence-electron chi connectivity index (χ3n) is 5.15. The van der Waals surface area contributed by atoms with Crippen LogP contribution in [0.5, 0.6) is 0 Å². The highest BCUT2D eigenvalue weighted by molar-refractivity contribution is 7.89. The molecule has 1 unspecified atom stereocenters. The highest BCUT2D eigenvalue weighted by Gasteiger charge is 2.26. The number of morpholine rings is 1. The quantitative estimate of drug-likeness (QED) is 0.663. The molecule has 8 heteroatoms. The molecule has 1 heterocycles. The first kappa shape index (κ1) is 22.4. The van der Waals surface area contributed by atoms with Crippen LogP contribution in [0.1, 0.15) is 29.3 Å². The van der Waals surface area contributed by atoms with E-state index in [1.165, 1.54) is 28.6 Å². The lowest BCUT2D eigenvalue weighted by molar-refractivity contribution is 0.0478. The molecular weight excluding hydrogens is 404 g/mol. The fourth-order valence-corrected chi connectivity index (χ4v) is 4.64. The molecule has 2 aromatic rings. The third kappa shape index (κ3) is 5.89. The number of carbonyl (C=O) groups excluding carboxylic acids is 1. The van der Waals surface area contributed by atoms with Crippen LogP contribution in [0.15, 0.2) is 59.5 Å². The van der Waals surface area contributed by atoms with Gasteiger partial charge >= 0.3 is 0 Å². The van der Waals surface area contributed by atoms with Crippen LogP contribution in [-0.4, -0.2) is 62.2 Å². The van der Waals surface area contributed by atoms with E-state index in [1.54, 1.807) is 6.92 Å². The fourth-order valence-electron chi connectivity index (χ4n) is 3.23. The molecule has 1 aliphatic heterocycles. The van der Waals surface area contributed by atoms with Crippen molar-refractivity contribution in [3.8, 4) is 0 Å². The monoisotopic (exact) mass is 432 g/mol. The largest absolute Gasteiger partial charge is 0.388 e. The molecule has 7 nitrogen and oxygen atoms in total. The Balaban J connectivity index is 1.55.